The fraction of sp³-hybridized carbons (Fsp3) is 0.769. The van der Waals surface area contributed by atoms with Crippen LogP contribution in [0.4, 0.5) is 0 Å². The molecule has 2 aliphatic rings. The van der Waals surface area contributed by atoms with Crippen LogP contribution in [0.15, 0.2) is 0 Å². The summed E-state index contributed by atoms with van der Waals surface area (Å²) in [6.45, 7) is 2.31. The van der Waals surface area contributed by atoms with E-state index < -0.39 is 0 Å². The molecule has 0 bridgehead atoms. The molecule has 1 aliphatic heterocycles. The second kappa shape index (κ2) is 6.14. The number of hydrogen-bond donors (Lipinski definition) is 1. The number of carbonyl (C=O) groups excluding carboxylic acids is 3. The van der Waals surface area contributed by atoms with Gasteiger partial charge < -0.3 is 0 Å². The second-order valence-corrected chi connectivity index (χ2v) is 5.03. The number of imide groups is 1. The molecular weight excluding hydrogens is 248 g/mol. The zero-order valence-corrected chi connectivity index (χ0v) is 11.2. The van der Waals surface area contributed by atoms with Crippen LogP contribution in [0, 0.1) is 11.8 Å². The maximum atomic E-state index is 12.1. The second-order valence-electron chi connectivity index (χ2n) is 5.03. The first-order valence-corrected chi connectivity index (χ1v) is 6.91. The van der Waals surface area contributed by atoms with E-state index in [0.717, 1.165) is 25.7 Å². The average molecular weight is 268 g/mol. The number of nitrogens with zero attached hydrogens (tertiary/aromatic N) is 1. The largest absolute Gasteiger partial charge is 0.282 e. The van der Waals surface area contributed by atoms with Crippen molar-refractivity contribution in [2.45, 2.75) is 39.0 Å². The molecule has 0 aromatic carbocycles. The molecule has 3 amide bonds. The summed E-state index contributed by atoms with van der Waals surface area (Å²) in [6.07, 6.45) is 3.72. The van der Waals surface area contributed by atoms with E-state index in [2.05, 4.69) is 5.48 Å². The highest BCUT2D eigenvalue weighted by atomic mass is 16.6. The van der Waals surface area contributed by atoms with Crippen LogP contribution in [-0.2, 0) is 19.2 Å². The highest BCUT2D eigenvalue weighted by molar-refractivity contribution is 6.05. The summed E-state index contributed by atoms with van der Waals surface area (Å²) in [5.74, 6) is -0.789. The fourth-order valence-electron chi connectivity index (χ4n) is 2.87. The molecule has 1 heterocycles. The van der Waals surface area contributed by atoms with Gasteiger partial charge in [0.1, 0.15) is 0 Å². The predicted molar refractivity (Wildman–Crippen MR) is 66.6 cm³/mol. The maximum Gasteiger partial charge on any atom is 0.245 e. The first-order chi connectivity index (χ1) is 9.15. The molecule has 1 aliphatic carbocycles. The van der Waals surface area contributed by atoms with Crippen LogP contribution in [-0.4, -0.2) is 35.8 Å². The normalized spacial score (nSPS) is 26.5. The minimum Gasteiger partial charge on any atom is -0.282 e. The summed E-state index contributed by atoms with van der Waals surface area (Å²) in [6, 6.07) is 0. The lowest BCUT2D eigenvalue weighted by Crippen LogP contribution is -2.35. The van der Waals surface area contributed by atoms with Crippen LogP contribution < -0.4 is 5.48 Å². The van der Waals surface area contributed by atoms with Crippen molar-refractivity contribution in [3.05, 3.63) is 0 Å². The van der Waals surface area contributed by atoms with Crippen LogP contribution in [0.1, 0.15) is 39.0 Å². The Labute approximate surface area is 112 Å². The number of rotatable bonds is 5. The van der Waals surface area contributed by atoms with Crippen molar-refractivity contribution in [2.24, 2.45) is 11.8 Å². The molecule has 2 atom stereocenters. The van der Waals surface area contributed by atoms with Gasteiger partial charge in [0, 0.05) is 13.0 Å². The first kappa shape index (κ1) is 14.0. The van der Waals surface area contributed by atoms with Gasteiger partial charge in [0.05, 0.1) is 18.4 Å². The van der Waals surface area contributed by atoms with Crippen LogP contribution in [0.5, 0.6) is 0 Å². The van der Waals surface area contributed by atoms with E-state index in [9.17, 15) is 14.4 Å². The van der Waals surface area contributed by atoms with Gasteiger partial charge in [0.15, 0.2) is 0 Å². The van der Waals surface area contributed by atoms with E-state index >= 15 is 0 Å². The van der Waals surface area contributed by atoms with E-state index in [1.165, 1.54) is 4.90 Å². The van der Waals surface area contributed by atoms with E-state index in [0.29, 0.717) is 6.61 Å². The zero-order valence-electron chi connectivity index (χ0n) is 11.2. The Morgan fingerprint density at radius 2 is 1.84 bits per heavy atom. The van der Waals surface area contributed by atoms with E-state index in [1.54, 1.807) is 6.92 Å². The summed E-state index contributed by atoms with van der Waals surface area (Å²) in [4.78, 5) is 41.7. The van der Waals surface area contributed by atoms with Crippen molar-refractivity contribution in [1.29, 1.82) is 0 Å². The van der Waals surface area contributed by atoms with Crippen molar-refractivity contribution in [1.82, 2.24) is 10.4 Å². The standard InChI is InChI=1S/C13H20N2O4/c1-2-19-14-11(16)7-8-15-12(17)9-5-3-4-6-10(9)13(15)18/h9-10H,2-8H2,1H3,(H,14,16). The number of likely N-dealkylation sites (tertiary alicyclic amines) is 1. The van der Waals surface area contributed by atoms with Gasteiger partial charge in [-0.05, 0) is 19.8 Å². The highest BCUT2D eigenvalue weighted by Crippen LogP contribution is 2.37. The Morgan fingerprint density at radius 3 is 2.37 bits per heavy atom. The molecule has 2 fully saturated rings. The minimum absolute atomic E-state index is 0.0942. The number of amides is 3. The van der Waals surface area contributed by atoms with Gasteiger partial charge in [-0.15, -0.1) is 0 Å². The summed E-state index contributed by atoms with van der Waals surface area (Å²) in [7, 11) is 0. The summed E-state index contributed by atoms with van der Waals surface area (Å²) in [5, 5.41) is 0. The van der Waals surface area contributed by atoms with Gasteiger partial charge in [-0.2, -0.15) is 0 Å². The molecule has 1 saturated carbocycles. The van der Waals surface area contributed by atoms with Crippen LogP contribution in [0.2, 0.25) is 0 Å². The van der Waals surface area contributed by atoms with Gasteiger partial charge in [-0.1, -0.05) is 12.8 Å². The summed E-state index contributed by atoms with van der Waals surface area (Å²) >= 11 is 0. The quantitative estimate of drug-likeness (QED) is 0.586. The molecule has 0 aromatic rings. The lowest BCUT2D eigenvalue weighted by molar-refractivity contribution is -0.141. The van der Waals surface area contributed by atoms with Gasteiger partial charge in [0.2, 0.25) is 17.7 Å². The van der Waals surface area contributed by atoms with Crippen molar-refractivity contribution < 1.29 is 19.2 Å². The highest BCUT2D eigenvalue weighted by Gasteiger charge is 2.47. The lowest BCUT2D eigenvalue weighted by Gasteiger charge is -2.19. The van der Waals surface area contributed by atoms with Crippen molar-refractivity contribution in [3.63, 3.8) is 0 Å². The molecule has 1 N–H and O–H groups in total. The molecule has 2 rings (SSSR count). The lowest BCUT2D eigenvalue weighted by atomic mass is 9.81. The molecule has 6 nitrogen and oxygen atoms in total. The number of carbonyl (C=O) groups is 3. The van der Waals surface area contributed by atoms with Crippen molar-refractivity contribution in [3.8, 4) is 0 Å². The molecule has 0 aromatic heterocycles. The van der Waals surface area contributed by atoms with E-state index in [-0.39, 0.29) is 42.5 Å². The number of nitrogens with one attached hydrogen (secondary N) is 1. The third kappa shape index (κ3) is 2.94. The Morgan fingerprint density at radius 1 is 1.26 bits per heavy atom. The molecule has 0 radical (unpaired) electrons. The molecule has 106 valence electrons. The van der Waals surface area contributed by atoms with E-state index in [4.69, 9.17) is 4.84 Å². The van der Waals surface area contributed by atoms with Crippen molar-refractivity contribution >= 4 is 17.7 Å². The Hall–Kier alpha value is -1.43. The van der Waals surface area contributed by atoms with Gasteiger partial charge in [-0.25, -0.2) is 5.48 Å². The molecular formula is C13H20N2O4. The summed E-state index contributed by atoms with van der Waals surface area (Å²) < 4.78 is 0. The topological polar surface area (TPSA) is 75.7 Å². The molecule has 0 spiro atoms. The van der Waals surface area contributed by atoms with Crippen LogP contribution in [0.3, 0.4) is 0 Å². The smallest absolute Gasteiger partial charge is 0.245 e. The SMILES string of the molecule is CCONC(=O)CCN1C(=O)C2CCCCC2C1=O. The Bertz CT molecular complexity index is 359. The molecule has 2 unspecified atom stereocenters. The predicted octanol–water partition coefficient (Wildman–Crippen LogP) is 0.619. The van der Waals surface area contributed by atoms with Crippen LogP contribution in [0.25, 0.3) is 0 Å². The van der Waals surface area contributed by atoms with E-state index in [1.807, 2.05) is 0 Å². The van der Waals surface area contributed by atoms with Crippen LogP contribution >= 0.6 is 0 Å². The monoisotopic (exact) mass is 268 g/mol. The number of hydrogen-bond acceptors (Lipinski definition) is 4. The number of hydroxylamine groups is 1. The molecule has 19 heavy (non-hydrogen) atoms. The Kier molecular flexibility index (Phi) is 4.52. The first-order valence-electron chi connectivity index (χ1n) is 6.91. The van der Waals surface area contributed by atoms with Gasteiger partial charge >= 0.3 is 0 Å². The molecule has 6 heteroatoms. The third-order valence-electron chi connectivity index (χ3n) is 3.83. The fourth-order valence-corrected chi connectivity index (χ4v) is 2.87. The average Bonchev–Trinajstić information content (AvgIpc) is 2.67. The third-order valence-corrected chi connectivity index (χ3v) is 3.83. The van der Waals surface area contributed by atoms with Gasteiger partial charge in [-0.3, -0.25) is 24.1 Å². The maximum absolute atomic E-state index is 12.1. The molecule has 1 saturated heterocycles. The minimum atomic E-state index is -0.308. The zero-order chi connectivity index (χ0) is 13.8. The van der Waals surface area contributed by atoms with Crippen molar-refractivity contribution in [2.75, 3.05) is 13.2 Å². The Balaban J connectivity index is 1.88. The van der Waals surface area contributed by atoms with Gasteiger partial charge in [0.25, 0.3) is 0 Å². The number of fused-ring (bicyclic) bond motifs is 1. The summed E-state index contributed by atoms with van der Waals surface area (Å²) in [5.41, 5.74) is 2.26.